The van der Waals surface area contributed by atoms with E-state index in [4.69, 9.17) is 4.84 Å². The smallest absolute Gasteiger partial charge is 0.137 e. The van der Waals surface area contributed by atoms with Crippen LogP contribution in [0.25, 0.3) is 0 Å². The first-order valence-corrected chi connectivity index (χ1v) is 5.15. The van der Waals surface area contributed by atoms with Crippen molar-refractivity contribution in [3.8, 4) is 12.0 Å². The molecule has 2 nitrogen and oxygen atoms in total. The monoisotopic (exact) mass is 183 g/mol. The van der Waals surface area contributed by atoms with Crippen LogP contribution in [0.1, 0.15) is 46.5 Å². The van der Waals surface area contributed by atoms with Gasteiger partial charge in [-0.25, -0.2) is 0 Å². The molecule has 0 aliphatic heterocycles. The molecule has 13 heavy (non-hydrogen) atoms. The fraction of sp³-hybridized carbons (Fsp3) is 0.818. The van der Waals surface area contributed by atoms with Crippen molar-refractivity contribution < 1.29 is 4.84 Å². The molecule has 0 saturated carbocycles. The van der Waals surface area contributed by atoms with E-state index in [2.05, 4.69) is 31.4 Å². The summed E-state index contributed by atoms with van der Waals surface area (Å²) in [5.41, 5.74) is 2.87. The van der Waals surface area contributed by atoms with Crippen LogP contribution in [0.15, 0.2) is 0 Å². The maximum atomic E-state index is 4.88. The summed E-state index contributed by atoms with van der Waals surface area (Å²) in [6.07, 6.45) is 7.58. The van der Waals surface area contributed by atoms with E-state index in [0.717, 1.165) is 12.5 Å². The predicted octanol–water partition coefficient (Wildman–Crippen LogP) is 2.70. The summed E-state index contributed by atoms with van der Waals surface area (Å²) in [4.78, 5) is 4.88. The number of hydrogen-bond donors (Lipinski definition) is 1. The minimum absolute atomic E-state index is 0.721. The van der Waals surface area contributed by atoms with Gasteiger partial charge in [0.05, 0.1) is 0 Å². The third-order valence-corrected chi connectivity index (χ3v) is 2.14. The molecule has 0 bridgehead atoms. The Morgan fingerprint density at radius 2 is 2.15 bits per heavy atom. The van der Waals surface area contributed by atoms with Crippen LogP contribution in [0.2, 0.25) is 0 Å². The highest BCUT2D eigenvalue weighted by atomic mass is 16.6. The molecule has 76 valence electrons. The molecule has 2 heteroatoms. The molecule has 0 aromatic rings. The first-order valence-electron chi connectivity index (χ1n) is 5.15. The molecule has 0 aromatic heterocycles. The third kappa shape index (κ3) is 7.67. The Hall–Kier alpha value is -0.680. The zero-order valence-corrected chi connectivity index (χ0v) is 9.02. The Balaban J connectivity index is 3.39. The molecule has 0 radical (unpaired) electrons. The first kappa shape index (κ1) is 12.3. The van der Waals surface area contributed by atoms with Crippen molar-refractivity contribution in [2.75, 3.05) is 6.54 Å². The Morgan fingerprint density at radius 3 is 2.69 bits per heavy atom. The van der Waals surface area contributed by atoms with Crippen molar-refractivity contribution >= 4 is 0 Å². The molecule has 1 N–H and O–H groups in total. The van der Waals surface area contributed by atoms with Crippen LogP contribution >= 0.6 is 0 Å². The number of unbranched alkanes of at least 4 members (excludes halogenated alkanes) is 1. The maximum Gasteiger partial charge on any atom is 0.137 e. The van der Waals surface area contributed by atoms with Crippen molar-refractivity contribution in [1.82, 2.24) is 5.48 Å². The number of rotatable bonds is 7. The average Bonchev–Trinajstić information content (AvgIpc) is 2.17. The van der Waals surface area contributed by atoms with Crippen molar-refractivity contribution in [1.29, 1.82) is 0 Å². The molecule has 0 amide bonds. The van der Waals surface area contributed by atoms with Gasteiger partial charge in [0.25, 0.3) is 0 Å². The second kappa shape index (κ2) is 9.41. The minimum Gasteiger partial charge on any atom is -0.356 e. The second-order valence-electron chi connectivity index (χ2n) is 3.22. The van der Waals surface area contributed by atoms with Crippen LogP contribution in [0, 0.1) is 17.9 Å². The molecule has 1 atom stereocenters. The van der Waals surface area contributed by atoms with Gasteiger partial charge in [0.15, 0.2) is 0 Å². The van der Waals surface area contributed by atoms with E-state index in [1.807, 2.05) is 0 Å². The lowest BCUT2D eigenvalue weighted by Gasteiger charge is -2.13. The van der Waals surface area contributed by atoms with Crippen LogP contribution in [-0.4, -0.2) is 6.54 Å². The molecule has 0 saturated heterocycles. The Bertz CT molecular complexity index is 157. The van der Waals surface area contributed by atoms with Gasteiger partial charge in [-0.3, -0.25) is 0 Å². The summed E-state index contributed by atoms with van der Waals surface area (Å²) >= 11 is 0. The minimum atomic E-state index is 0.721. The Kier molecular flexibility index (Phi) is 8.92. The van der Waals surface area contributed by atoms with E-state index >= 15 is 0 Å². The summed E-state index contributed by atoms with van der Waals surface area (Å²) in [7, 11) is 0. The molecule has 0 spiro atoms. The lowest BCUT2D eigenvalue weighted by atomic mass is 10.00. The molecular weight excluding hydrogens is 162 g/mol. The quantitative estimate of drug-likeness (QED) is 0.372. The highest BCUT2D eigenvalue weighted by Gasteiger charge is 2.04. The van der Waals surface area contributed by atoms with Gasteiger partial charge in [-0.15, -0.1) is 5.48 Å². The van der Waals surface area contributed by atoms with E-state index < -0.39 is 0 Å². The molecule has 0 heterocycles. The molecule has 0 rings (SSSR count). The number of hydrogen-bond acceptors (Lipinski definition) is 2. The molecule has 0 aliphatic carbocycles. The zero-order valence-electron chi connectivity index (χ0n) is 9.02. The molecule has 0 fully saturated rings. The Morgan fingerprint density at radius 1 is 1.38 bits per heavy atom. The van der Waals surface area contributed by atoms with Gasteiger partial charge in [0.1, 0.15) is 6.11 Å². The van der Waals surface area contributed by atoms with Gasteiger partial charge < -0.3 is 4.84 Å². The lowest BCUT2D eigenvalue weighted by Crippen LogP contribution is -2.21. The van der Waals surface area contributed by atoms with Crippen molar-refractivity contribution in [2.24, 2.45) is 5.92 Å². The summed E-state index contributed by atoms with van der Waals surface area (Å²) in [5, 5.41) is 0. The van der Waals surface area contributed by atoms with Gasteiger partial charge in [-0.05, 0) is 12.3 Å². The highest BCUT2D eigenvalue weighted by Crippen LogP contribution is 2.10. The van der Waals surface area contributed by atoms with Crippen LogP contribution in [-0.2, 0) is 4.84 Å². The van der Waals surface area contributed by atoms with Crippen molar-refractivity contribution in [3.05, 3.63) is 0 Å². The fourth-order valence-electron chi connectivity index (χ4n) is 1.19. The van der Waals surface area contributed by atoms with Crippen molar-refractivity contribution in [3.63, 3.8) is 0 Å². The molecule has 1 unspecified atom stereocenters. The topological polar surface area (TPSA) is 21.3 Å². The van der Waals surface area contributed by atoms with E-state index in [1.54, 1.807) is 6.92 Å². The lowest BCUT2D eigenvalue weighted by molar-refractivity contribution is 0.137. The summed E-state index contributed by atoms with van der Waals surface area (Å²) in [6, 6.07) is 0. The normalized spacial score (nSPS) is 11.6. The largest absolute Gasteiger partial charge is 0.356 e. The van der Waals surface area contributed by atoms with Crippen LogP contribution in [0.5, 0.6) is 0 Å². The van der Waals surface area contributed by atoms with Gasteiger partial charge in [-0.2, -0.15) is 0 Å². The zero-order chi connectivity index (χ0) is 9.94. The average molecular weight is 183 g/mol. The van der Waals surface area contributed by atoms with E-state index in [0.29, 0.717) is 0 Å². The fourth-order valence-corrected chi connectivity index (χ4v) is 1.19. The van der Waals surface area contributed by atoms with Gasteiger partial charge in [0.2, 0.25) is 0 Å². The van der Waals surface area contributed by atoms with Gasteiger partial charge in [0, 0.05) is 13.5 Å². The van der Waals surface area contributed by atoms with Gasteiger partial charge in [-0.1, -0.05) is 39.0 Å². The summed E-state index contributed by atoms with van der Waals surface area (Å²) < 4.78 is 0. The standard InChI is InChI=1S/C11H21NO/c1-4-7-8-11(6-3)10-12-13-9-5-2/h11-12H,4,6-8,10H2,1-3H3. The van der Waals surface area contributed by atoms with Gasteiger partial charge >= 0.3 is 0 Å². The van der Waals surface area contributed by atoms with Crippen molar-refractivity contribution in [2.45, 2.75) is 46.5 Å². The highest BCUT2D eigenvalue weighted by molar-refractivity contribution is 4.84. The third-order valence-electron chi connectivity index (χ3n) is 2.14. The Labute approximate surface area is 82.0 Å². The van der Waals surface area contributed by atoms with E-state index in [-0.39, 0.29) is 0 Å². The van der Waals surface area contributed by atoms with Crippen LogP contribution in [0.3, 0.4) is 0 Å². The van der Waals surface area contributed by atoms with E-state index in [1.165, 1.54) is 25.7 Å². The second-order valence-corrected chi connectivity index (χ2v) is 3.22. The summed E-state index contributed by atoms with van der Waals surface area (Å²) in [5.74, 6) is 3.39. The first-order chi connectivity index (χ1) is 6.35. The summed E-state index contributed by atoms with van der Waals surface area (Å²) in [6.45, 7) is 7.11. The molecule has 0 aromatic carbocycles. The van der Waals surface area contributed by atoms with E-state index in [9.17, 15) is 0 Å². The molecular formula is C11H21NO. The number of hydroxylamine groups is 1. The maximum absolute atomic E-state index is 4.88. The molecule has 0 aliphatic rings. The van der Waals surface area contributed by atoms with Crippen LogP contribution < -0.4 is 5.48 Å². The van der Waals surface area contributed by atoms with Crippen LogP contribution in [0.4, 0.5) is 0 Å². The number of nitrogens with one attached hydrogen (secondary N) is 1. The SMILES string of the molecule is CC#CONCC(CC)CCCC. The predicted molar refractivity (Wildman–Crippen MR) is 55.8 cm³/mol.